The molecule has 1 amide bonds. The Bertz CT molecular complexity index is 604. The zero-order valence-corrected chi connectivity index (χ0v) is 13.0. The van der Waals surface area contributed by atoms with Gasteiger partial charge in [0.05, 0.1) is 18.3 Å². The van der Waals surface area contributed by atoms with E-state index in [2.05, 4.69) is 10.3 Å². The SMILES string of the molecule is CCC(CO)NC(=O)CCc1nc(C)c(-c2ccccc2)o1. The van der Waals surface area contributed by atoms with Crippen molar-refractivity contribution >= 4 is 5.91 Å². The molecule has 5 heteroatoms. The highest BCUT2D eigenvalue weighted by molar-refractivity contribution is 5.76. The second-order valence-corrected chi connectivity index (χ2v) is 5.24. The lowest BCUT2D eigenvalue weighted by atomic mass is 10.1. The van der Waals surface area contributed by atoms with Crippen LogP contribution in [0.15, 0.2) is 34.7 Å². The average molecular weight is 302 g/mol. The van der Waals surface area contributed by atoms with Crippen molar-refractivity contribution in [1.82, 2.24) is 10.3 Å². The first-order valence-corrected chi connectivity index (χ1v) is 7.56. The Labute approximate surface area is 130 Å². The van der Waals surface area contributed by atoms with Gasteiger partial charge in [-0.2, -0.15) is 0 Å². The third-order valence-corrected chi connectivity index (χ3v) is 3.52. The second-order valence-electron chi connectivity index (χ2n) is 5.24. The first-order valence-electron chi connectivity index (χ1n) is 7.56. The van der Waals surface area contributed by atoms with Gasteiger partial charge in [0, 0.05) is 18.4 Å². The summed E-state index contributed by atoms with van der Waals surface area (Å²) in [6.45, 7) is 3.78. The Morgan fingerprint density at radius 3 is 2.73 bits per heavy atom. The van der Waals surface area contributed by atoms with Crippen LogP contribution in [-0.4, -0.2) is 28.6 Å². The van der Waals surface area contributed by atoms with Gasteiger partial charge < -0.3 is 14.8 Å². The maximum Gasteiger partial charge on any atom is 0.220 e. The minimum Gasteiger partial charge on any atom is -0.440 e. The number of nitrogens with zero attached hydrogens (tertiary/aromatic N) is 1. The highest BCUT2D eigenvalue weighted by Crippen LogP contribution is 2.24. The molecule has 1 atom stereocenters. The third kappa shape index (κ3) is 4.18. The molecule has 5 nitrogen and oxygen atoms in total. The van der Waals surface area contributed by atoms with Crippen molar-refractivity contribution in [3.63, 3.8) is 0 Å². The van der Waals surface area contributed by atoms with Crippen LogP contribution in [0.2, 0.25) is 0 Å². The molecule has 0 aliphatic rings. The van der Waals surface area contributed by atoms with Gasteiger partial charge >= 0.3 is 0 Å². The molecular formula is C17H22N2O3. The lowest BCUT2D eigenvalue weighted by Crippen LogP contribution is -2.37. The highest BCUT2D eigenvalue weighted by Gasteiger charge is 2.14. The van der Waals surface area contributed by atoms with Gasteiger partial charge in [-0.1, -0.05) is 37.3 Å². The smallest absolute Gasteiger partial charge is 0.220 e. The van der Waals surface area contributed by atoms with Crippen LogP contribution in [0.1, 0.15) is 31.4 Å². The van der Waals surface area contributed by atoms with E-state index in [4.69, 9.17) is 9.52 Å². The van der Waals surface area contributed by atoms with Gasteiger partial charge in [0.2, 0.25) is 5.91 Å². The van der Waals surface area contributed by atoms with E-state index in [0.29, 0.717) is 25.2 Å². The Morgan fingerprint density at radius 2 is 2.09 bits per heavy atom. The van der Waals surface area contributed by atoms with Gasteiger partial charge in [-0.05, 0) is 13.3 Å². The Morgan fingerprint density at radius 1 is 1.36 bits per heavy atom. The molecule has 1 unspecified atom stereocenters. The molecule has 0 aliphatic carbocycles. The molecule has 2 N–H and O–H groups in total. The number of hydrogen-bond donors (Lipinski definition) is 2. The number of aliphatic hydroxyl groups excluding tert-OH is 1. The number of rotatable bonds is 7. The fraction of sp³-hybridized carbons (Fsp3) is 0.412. The number of aromatic nitrogens is 1. The molecule has 0 saturated carbocycles. The van der Waals surface area contributed by atoms with Gasteiger partial charge in [0.15, 0.2) is 11.7 Å². The van der Waals surface area contributed by atoms with Gasteiger partial charge in [0.1, 0.15) is 0 Å². The maximum absolute atomic E-state index is 11.8. The van der Waals surface area contributed by atoms with E-state index in [0.717, 1.165) is 17.0 Å². The fourth-order valence-electron chi connectivity index (χ4n) is 2.21. The minimum atomic E-state index is -0.182. The monoisotopic (exact) mass is 302 g/mol. The van der Waals surface area contributed by atoms with Gasteiger partial charge in [0.25, 0.3) is 0 Å². The minimum absolute atomic E-state index is 0.0431. The van der Waals surface area contributed by atoms with Crippen LogP contribution in [0.4, 0.5) is 0 Å². The number of benzene rings is 1. The predicted molar refractivity (Wildman–Crippen MR) is 84.3 cm³/mol. The van der Waals surface area contributed by atoms with E-state index < -0.39 is 0 Å². The van der Waals surface area contributed by atoms with Crippen molar-refractivity contribution in [3.05, 3.63) is 41.9 Å². The maximum atomic E-state index is 11.8. The van der Waals surface area contributed by atoms with Crippen LogP contribution in [0.5, 0.6) is 0 Å². The van der Waals surface area contributed by atoms with Crippen molar-refractivity contribution in [2.75, 3.05) is 6.61 Å². The summed E-state index contributed by atoms with van der Waals surface area (Å²) in [5, 5.41) is 11.9. The van der Waals surface area contributed by atoms with Crippen LogP contribution in [0.3, 0.4) is 0 Å². The summed E-state index contributed by atoms with van der Waals surface area (Å²) in [5.41, 5.74) is 1.80. The van der Waals surface area contributed by atoms with Gasteiger partial charge in [-0.3, -0.25) is 4.79 Å². The van der Waals surface area contributed by atoms with Gasteiger partial charge in [-0.15, -0.1) is 0 Å². The zero-order valence-electron chi connectivity index (χ0n) is 13.0. The van der Waals surface area contributed by atoms with E-state index in [1.54, 1.807) is 0 Å². The summed E-state index contributed by atoms with van der Waals surface area (Å²) in [6.07, 6.45) is 1.45. The number of amides is 1. The quantitative estimate of drug-likeness (QED) is 0.824. The van der Waals surface area contributed by atoms with Crippen molar-refractivity contribution < 1.29 is 14.3 Å². The number of aliphatic hydroxyl groups is 1. The highest BCUT2D eigenvalue weighted by atomic mass is 16.4. The van der Waals surface area contributed by atoms with Crippen molar-refractivity contribution in [2.24, 2.45) is 0 Å². The van der Waals surface area contributed by atoms with Crippen molar-refractivity contribution in [1.29, 1.82) is 0 Å². The zero-order chi connectivity index (χ0) is 15.9. The summed E-state index contributed by atoms with van der Waals surface area (Å²) in [5.74, 6) is 1.21. The Balaban J connectivity index is 1.96. The summed E-state index contributed by atoms with van der Waals surface area (Å²) in [7, 11) is 0. The summed E-state index contributed by atoms with van der Waals surface area (Å²) in [4.78, 5) is 16.2. The first-order chi connectivity index (χ1) is 10.6. The molecule has 0 fully saturated rings. The van der Waals surface area contributed by atoms with E-state index in [-0.39, 0.29) is 18.6 Å². The topological polar surface area (TPSA) is 75.4 Å². The molecular weight excluding hydrogens is 280 g/mol. The van der Waals surface area contributed by atoms with E-state index in [1.807, 2.05) is 44.2 Å². The predicted octanol–water partition coefficient (Wildman–Crippen LogP) is 2.47. The molecule has 2 aromatic rings. The number of oxazole rings is 1. The van der Waals surface area contributed by atoms with Crippen molar-refractivity contribution in [2.45, 2.75) is 39.2 Å². The molecule has 118 valence electrons. The molecule has 0 aliphatic heterocycles. The number of hydrogen-bond acceptors (Lipinski definition) is 4. The molecule has 0 saturated heterocycles. The number of nitrogens with one attached hydrogen (secondary N) is 1. The fourth-order valence-corrected chi connectivity index (χ4v) is 2.21. The number of carbonyl (C=O) groups excluding carboxylic acids is 1. The van der Waals surface area contributed by atoms with Crippen LogP contribution >= 0.6 is 0 Å². The van der Waals surface area contributed by atoms with Crippen molar-refractivity contribution in [3.8, 4) is 11.3 Å². The normalized spacial score (nSPS) is 12.1. The third-order valence-electron chi connectivity index (χ3n) is 3.52. The lowest BCUT2D eigenvalue weighted by molar-refractivity contribution is -0.122. The van der Waals surface area contributed by atoms with Crippen LogP contribution < -0.4 is 5.32 Å². The summed E-state index contributed by atoms with van der Waals surface area (Å²) in [6, 6.07) is 9.60. The van der Waals surface area contributed by atoms with E-state index in [9.17, 15) is 4.79 Å². The standard InChI is InChI=1S/C17H22N2O3/c1-3-14(11-20)19-15(21)9-10-16-18-12(2)17(22-16)13-7-5-4-6-8-13/h4-8,14,20H,3,9-11H2,1-2H3,(H,19,21). The van der Waals surface area contributed by atoms with E-state index in [1.165, 1.54) is 0 Å². The summed E-state index contributed by atoms with van der Waals surface area (Å²) < 4.78 is 5.77. The molecule has 0 radical (unpaired) electrons. The van der Waals surface area contributed by atoms with Crippen LogP contribution in [-0.2, 0) is 11.2 Å². The average Bonchev–Trinajstić information content (AvgIpc) is 2.92. The van der Waals surface area contributed by atoms with Crippen LogP contribution in [0.25, 0.3) is 11.3 Å². The molecule has 1 aromatic carbocycles. The number of aryl methyl sites for hydroxylation is 2. The number of carbonyl (C=O) groups is 1. The second kappa shape index (κ2) is 7.75. The molecule has 22 heavy (non-hydrogen) atoms. The molecule has 0 bridgehead atoms. The Hall–Kier alpha value is -2.14. The molecule has 0 spiro atoms. The largest absolute Gasteiger partial charge is 0.440 e. The Kier molecular flexibility index (Phi) is 5.72. The van der Waals surface area contributed by atoms with Crippen LogP contribution in [0, 0.1) is 6.92 Å². The summed E-state index contributed by atoms with van der Waals surface area (Å²) >= 11 is 0. The van der Waals surface area contributed by atoms with E-state index >= 15 is 0 Å². The first kappa shape index (κ1) is 16.2. The molecule has 1 heterocycles. The molecule has 2 rings (SSSR count). The van der Waals surface area contributed by atoms with Gasteiger partial charge in [-0.25, -0.2) is 4.98 Å². The molecule has 1 aromatic heterocycles. The lowest BCUT2D eigenvalue weighted by Gasteiger charge is -2.13.